The summed E-state index contributed by atoms with van der Waals surface area (Å²) in [6.07, 6.45) is 0. The van der Waals surface area contributed by atoms with Gasteiger partial charge in [0.25, 0.3) is 0 Å². The molecule has 0 bridgehead atoms. The van der Waals surface area contributed by atoms with Gasteiger partial charge in [-0.2, -0.15) is 0 Å². The van der Waals surface area contributed by atoms with Crippen molar-refractivity contribution in [3.8, 4) is 0 Å². The number of rotatable bonds is 7. The Balaban J connectivity index is 0. The first kappa shape index (κ1) is 31.5. The fourth-order valence-corrected chi connectivity index (χ4v) is 273. The molecule has 27 heavy (non-hydrogen) atoms. The van der Waals surface area contributed by atoms with Gasteiger partial charge in [-0.25, -0.2) is 0 Å². The van der Waals surface area contributed by atoms with E-state index in [1.54, 1.807) is 0 Å². The summed E-state index contributed by atoms with van der Waals surface area (Å²) >= 11 is 0.500. The molecule has 0 aromatic rings. The van der Waals surface area contributed by atoms with E-state index in [0.29, 0.717) is 15.4 Å². The van der Waals surface area contributed by atoms with Gasteiger partial charge in [-0.05, 0) is 0 Å². The molecule has 0 atom stereocenters. The zero-order chi connectivity index (χ0) is 22.9. The van der Waals surface area contributed by atoms with Crippen LogP contribution >= 0.6 is 0 Å². The third-order valence-corrected chi connectivity index (χ3v) is 156. The van der Waals surface area contributed by atoms with Crippen LogP contribution < -0.4 is 0 Å². The van der Waals surface area contributed by atoms with Gasteiger partial charge in [-0.1, -0.05) is 105 Å². The summed E-state index contributed by atoms with van der Waals surface area (Å²) in [7, 11) is -6.61. The van der Waals surface area contributed by atoms with E-state index in [4.69, 9.17) is 0 Å². The van der Waals surface area contributed by atoms with Crippen molar-refractivity contribution in [2.24, 2.45) is 0 Å². The molecule has 162 valence electrons. The van der Waals surface area contributed by atoms with Crippen LogP contribution in [-0.2, 0) is 0 Å². The average Bonchev–Trinajstić information content (AvgIpc) is 2.18. The van der Waals surface area contributed by atoms with Gasteiger partial charge in [0.05, 0.1) is 0 Å². The molecule has 0 N–H and O–H groups in total. The molecule has 0 aliphatic rings. The van der Waals surface area contributed by atoms with E-state index in [2.05, 4.69) is 116 Å². The molecule has 0 saturated heterocycles. The van der Waals surface area contributed by atoms with E-state index < -0.39 is 44.6 Å². The van der Waals surface area contributed by atoms with Crippen molar-refractivity contribution in [1.82, 2.24) is 0 Å². The standard InChI is InChI=1S/C16H48Si8.C2H6Ge/c1-19(2,3)17(20(4,5)6)23(13,14)24(15,16)18(21(7,8)9)22(10,11)12;1-3-2/h1-16H3;1-2H3. The van der Waals surface area contributed by atoms with Crippen LogP contribution in [0.1, 0.15) is 0 Å². The topological polar surface area (TPSA) is 0 Å². The van der Waals surface area contributed by atoms with Crippen LogP contribution in [0.5, 0.6) is 0 Å². The summed E-state index contributed by atoms with van der Waals surface area (Å²) < 4.78 is 0. The van der Waals surface area contributed by atoms with Crippen LogP contribution in [0, 0.1) is 0 Å². The summed E-state index contributed by atoms with van der Waals surface area (Å²) in [5.41, 5.74) is 0. The fraction of sp³-hybridized carbons (Fsp3) is 1.00. The van der Waals surface area contributed by atoms with Crippen molar-refractivity contribution >= 4 is 74.7 Å². The van der Waals surface area contributed by atoms with Gasteiger partial charge >= 0.3 is 26.9 Å². The van der Waals surface area contributed by atoms with Gasteiger partial charge in [0.15, 0.2) is 0 Å². The number of hydrogen-bond donors (Lipinski definition) is 0. The summed E-state index contributed by atoms with van der Waals surface area (Å²) in [4.78, 5) is 0. The molecule has 0 fully saturated rings. The van der Waals surface area contributed by atoms with Crippen molar-refractivity contribution in [3.05, 3.63) is 0 Å². The normalized spacial score (nSPS) is 15.1. The average molecular weight is 568 g/mol. The van der Waals surface area contributed by atoms with E-state index in [-0.39, 0.29) is 14.7 Å². The first-order valence-corrected chi connectivity index (χ1v) is 44.9. The van der Waals surface area contributed by atoms with Crippen molar-refractivity contribution in [1.29, 1.82) is 0 Å². The molecule has 0 aromatic heterocycles. The third-order valence-electron chi connectivity index (χ3n) is 5.81. The van der Waals surface area contributed by atoms with E-state index in [1.807, 2.05) is 0 Å². The molecule has 0 amide bonds. The molecule has 0 aromatic carbocycles. The Bertz CT molecular complexity index is 380. The molecule has 0 saturated carbocycles. The van der Waals surface area contributed by atoms with Crippen LogP contribution in [0.3, 0.4) is 0 Å². The molecule has 0 heterocycles. The molecule has 0 nitrogen and oxygen atoms in total. The summed E-state index contributed by atoms with van der Waals surface area (Å²) in [6.45, 7) is 44.6. The second-order valence-electron chi connectivity index (χ2n) is 13.5. The fourth-order valence-electron chi connectivity index (χ4n) is 6.62. The Labute approximate surface area is 189 Å². The Morgan fingerprint density at radius 3 is 0.556 bits per heavy atom. The first-order chi connectivity index (χ1) is 11.4. The quantitative estimate of drug-likeness (QED) is 0.288. The predicted octanol–water partition coefficient (Wildman–Crippen LogP) is 7.08. The second kappa shape index (κ2) is 10.3. The van der Waals surface area contributed by atoms with Gasteiger partial charge in [0.2, 0.25) is 0 Å². The maximum atomic E-state index is 2.93. The minimum atomic E-state index is -1.13. The monoisotopic (exact) mass is 568 g/mol. The van der Waals surface area contributed by atoms with Crippen LogP contribution in [-0.4, -0.2) is 74.7 Å². The Morgan fingerprint density at radius 2 is 0.481 bits per heavy atom. The van der Waals surface area contributed by atoms with Crippen LogP contribution in [0.2, 0.25) is 116 Å². The molecule has 0 rings (SSSR count). The van der Waals surface area contributed by atoms with Crippen molar-refractivity contribution in [2.45, 2.75) is 116 Å². The maximum absolute atomic E-state index is 2.93. The van der Waals surface area contributed by atoms with Crippen molar-refractivity contribution < 1.29 is 0 Å². The Kier molecular flexibility index (Phi) is 12.0. The first-order valence-electron chi connectivity index (χ1n) is 10.8. The zero-order valence-electron chi connectivity index (χ0n) is 22.5. The SMILES string of the molecule is C[Si](C)(C)[Si]([Si](C)(C)C)[Si](C)(C)[Si](C)(C)[Si]([Si](C)(C)C)[Si](C)(C)C.[CH3][Ge][CH3]. The molecule has 0 spiro atoms. The van der Waals surface area contributed by atoms with E-state index in [9.17, 15) is 0 Å². The van der Waals surface area contributed by atoms with Crippen LogP contribution in [0.25, 0.3) is 0 Å². The Hall–Kier alpha value is 2.28. The van der Waals surface area contributed by atoms with Crippen LogP contribution in [0.15, 0.2) is 0 Å². The van der Waals surface area contributed by atoms with E-state index in [1.165, 1.54) is 0 Å². The minimum absolute atomic E-state index is 0.124. The zero-order valence-corrected chi connectivity index (χ0v) is 32.6. The second-order valence-corrected chi connectivity index (χ2v) is 95.6. The molecule has 0 aliphatic carbocycles. The van der Waals surface area contributed by atoms with Gasteiger partial charge in [0.1, 0.15) is 0 Å². The van der Waals surface area contributed by atoms with Gasteiger partial charge < -0.3 is 0 Å². The summed E-state index contributed by atoms with van der Waals surface area (Å²) in [5.74, 6) is 4.50. The third kappa shape index (κ3) is 8.74. The van der Waals surface area contributed by atoms with E-state index in [0.717, 1.165) is 0 Å². The molecule has 9 heteroatoms. The summed E-state index contributed by atoms with van der Waals surface area (Å²) in [5, 5.41) is 0. The molecule has 4 radical (unpaired) electrons. The van der Waals surface area contributed by atoms with Gasteiger partial charge in [0, 0.05) is 59.3 Å². The molecular formula is C18H54GeSi8. The summed E-state index contributed by atoms with van der Waals surface area (Å²) in [6, 6.07) is 0. The van der Waals surface area contributed by atoms with E-state index >= 15 is 0 Å². The molecule has 0 unspecified atom stereocenters. The molecule has 0 aliphatic heterocycles. The van der Waals surface area contributed by atoms with Gasteiger partial charge in [-0.15, -0.1) is 0 Å². The molecular weight excluding hydrogens is 513 g/mol. The van der Waals surface area contributed by atoms with Gasteiger partial charge in [-0.3, -0.25) is 0 Å². The van der Waals surface area contributed by atoms with Crippen molar-refractivity contribution in [3.63, 3.8) is 0 Å². The van der Waals surface area contributed by atoms with Crippen molar-refractivity contribution in [2.75, 3.05) is 0 Å². The predicted molar refractivity (Wildman–Crippen MR) is 157 cm³/mol. The van der Waals surface area contributed by atoms with Crippen LogP contribution in [0.4, 0.5) is 0 Å². The Morgan fingerprint density at radius 1 is 0.370 bits per heavy atom. The number of hydrogen-bond acceptors (Lipinski definition) is 0.